The average molecular weight is 299 g/mol. The molecule has 2 aromatic carbocycles. The fraction of sp³-hybridized carbons (Fsp3) is 0.176. The fourth-order valence-electron chi connectivity index (χ4n) is 2.58. The Bertz CT molecular complexity index is 752. The molecule has 106 valence electrons. The summed E-state index contributed by atoms with van der Waals surface area (Å²) in [5, 5.41) is 0.633. The second-order valence-corrected chi connectivity index (χ2v) is 5.61. The molecule has 2 aromatic rings. The van der Waals surface area contributed by atoms with Gasteiger partial charge in [0.2, 0.25) is 0 Å². The van der Waals surface area contributed by atoms with E-state index in [0.29, 0.717) is 11.4 Å². The number of rotatable bonds is 1. The summed E-state index contributed by atoms with van der Waals surface area (Å²) in [6.45, 7) is 2.00. The maximum atomic E-state index is 12.1. The van der Waals surface area contributed by atoms with E-state index in [1.165, 1.54) is 0 Å². The summed E-state index contributed by atoms with van der Waals surface area (Å²) >= 11 is 6.08. The van der Waals surface area contributed by atoms with E-state index in [-0.39, 0.29) is 5.78 Å². The number of ketones is 1. The van der Waals surface area contributed by atoms with E-state index in [1.54, 1.807) is 0 Å². The van der Waals surface area contributed by atoms with E-state index in [2.05, 4.69) is 4.99 Å². The molecule has 0 saturated carbocycles. The largest absolute Gasteiger partial charge is 0.303 e. The van der Waals surface area contributed by atoms with Crippen LogP contribution in [-0.2, 0) is 11.2 Å². The number of nitrogens with two attached hydrogens (primary N) is 1. The number of carbonyl (C=O) groups excluding carboxylic acids is 1. The van der Waals surface area contributed by atoms with Gasteiger partial charge in [-0.05, 0) is 30.2 Å². The molecule has 0 aromatic heterocycles. The molecule has 1 aliphatic rings. The Morgan fingerprint density at radius 1 is 1.24 bits per heavy atom. The maximum Gasteiger partial charge on any atom is 0.175 e. The van der Waals surface area contributed by atoms with Gasteiger partial charge in [0.15, 0.2) is 11.9 Å². The zero-order chi connectivity index (χ0) is 15.0. The van der Waals surface area contributed by atoms with Crippen LogP contribution in [0.3, 0.4) is 0 Å². The van der Waals surface area contributed by atoms with Crippen LogP contribution in [0.5, 0.6) is 0 Å². The molecule has 0 saturated heterocycles. The molecule has 2 N–H and O–H groups in total. The molecule has 0 amide bonds. The summed E-state index contributed by atoms with van der Waals surface area (Å²) in [7, 11) is 0. The van der Waals surface area contributed by atoms with Crippen LogP contribution in [0.4, 0.5) is 0 Å². The summed E-state index contributed by atoms with van der Waals surface area (Å²) in [5.41, 5.74) is 10.5. The second kappa shape index (κ2) is 5.43. The Kier molecular flexibility index (Phi) is 3.62. The number of aliphatic imine (C=N–C) groups is 1. The predicted octanol–water partition coefficient (Wildman–Crippen LogP) is 2.90. The standard InChI is InChI=1S/C17H15ClN2O/c1-10-4-2-7-13-14(10)9-15(21)17(19)20-16(13)11-5-3-6-12(18)8-11/h2-8,17H,9,19H2,1H3. The van der Waals surface area contributed by atoms with Gasteiger partial charge >= 0.3 is 0 Å². The highest BCUT2D eigenvalue weighted by atomic mass is 35.5. The quantitative estimate of drug-likeness (QED) is 0.880. The molecule has 0 aliphatic carbocycles. The number of hydrogen-bond donors (Lipinski definition) is 1. The van der Waals surface area contributed by atoms with Gasteiger partial charge in [-0.3, -0.25) is 9.79 Å². The summed E-state index contributed by atoms with van der Waals surface area (Å²) < 4.78 is 0. The van der Waals surface area contributed by atoms with Crippen molar-refractivity contribution in [3.63, 3.8) is 0 Å². The van der Waals surface area contributed by atoms with E-state index in [9.17, 15) is 4.79 Å². The van der Waals surface area contributed by atoms with E-state index in [4.69, 9.17) is 17.3 Å². The number of hydrogen-bond acceptors (Lipinski definition) is 3. The van der Waals surface area contributed by atoms with E-state index >= 15 is 0 Å². The van der Waals surface area contributed by atoms with Crippen molar-refractivity contribution >= 4 is 23.1 Å². The first-order valence-electron chi connectivity index (χ1n) is 6.77. The first kappa shape index (κ1) is 14.0. The fourth-order valence-corrected chi connectivity index (χ4v) is 2.77. The summed E-state index contributed by atoms with van der Waals surface area (Å²) in [4.78, 5) is 16.6. The van der Waals surface area contributed by atoms with Crippen LogP contribution in [0.1, 0.15) is 22.3 Å². The molecule has 0 spiro atoms. The molecule has 0 radical (unpaired) electrons. The van der Waals surface area contributed by atoms with Gasteiger partial charge in [-0.1, -0.05) is 41.9 Å². The number of benzene rings is 2. The van der Waals surface area contributed by atoms with Crippen LogP contribution < -0.4 is 5.73 Å². The van der Waals surface area contributed by atoms with Crippen molar-refractivity contribution in [3.05, 3.63) is 69.7 Å². The van der Waals surface area contributed by atoms with Crippen LogP contribution in [0.15, 0.2) is 47.5 Å². The summed E-state index contributed by atoms with van der Waals surface area (Å²) in [5.74, 6) is -0.0671. The Morgan fingerprint density at radius 2 is 2.00 bits per heavy atom. The van der Waals surface area contributed by atoms with Gasteiger partial charge in [0.1, 0.15) is 0 Å². The summed E-state index contributed by atoms with van der Waals surface area (Å²) in [6.07, 6.45) is -0.512. The second-order valence-electron chi connectivity index (χ2n) is 5.18. The molecular weight excluding hydrogens is 284 g/mol. The molecule has 0 bridgehead atoms. The van der Waals surface area contributed by atoms with Crippen molar-refractivity contribution in [1.29, 1.82) is 0 Å². The highest BCUT2D eigenvalue weighted by molar-refractivity contribution is 6.31. The summed E-state index contributed by atoms with van der Waals surface area (Å²) in [6, 6.07) is 13.4. The zero-order valence-electron chi connectivity index (χ0n) is 11.6. The van der Waals surface area contributed by atoms with Gasteiger partial charge in [0.05, 0.1) is 5.71 Å². The van der Waals surface area contributed by atoms with Crippen LogP contribution in [0.2, 0.25) is 5.02 Å². The van der Waals surface area contributed by atoms with E-state index < -0.39 is 6.17 Å². The molecule has 1 heterocycles. The topological polar surface area (TPSA) is 55.5 Å². The number of Topliss-reactive ketones (excluding diaryl/α,β-unsaturated/α-hetero) is 1. The normalized spacial score (nSPS) is 18.0. The highest BCUT2D eigenvalue weighted by Gasteiger charge is 2.24. The van der Waals surface area contributed by atoms with E-state index in [0.717, 1.165) is 28.0 Å². The lowest BCUT2D eigenvalue weighted by Crippen LogP contribution is -2.29. The van der Waals surface area contributed by atoms with Crippen molar-refractivity contribution in [2.45, 2.75) is 19.5 Å². The van der Waals surface area contributed by atoms with Gasteiger partial charge in [-0.25, -0.2) is 0 Å². The van der Waals surface area contributed by atoms with Gasteiger partial charge < -0.3 is 5.73 Å². The predicted molar refractivity (Wildman–Crippen MR) is 85.0 cm³/mol. The monoisotopic (exact) mass is 298 g/mol. The van der Waals surface area contributed by atoms with Crippen LogP contribution >= 0.6 is 11.6 Å². The third-order valence-corrected chi connectivity index (χ3v) is 3.95. The van der Waals surface area contributed by atoms with Gasteiger partial charge in [0.25, 0.3) is 0 Å². The number of aryl methyl sites for hydroxylation is 1. The van der Waals surface area contributed by atoms with Gasteiger partial charge in [-0.15, -0.1) is 0 Å². The van der Waals surface area contributed by atoms with Crippen molar-refractivity contribution < 1.29 is 4.79 Å². The Morgan fingerprint density at radius 3 is 2.76 bits per heavy atom. The van der Waals surface area contributed by atoms with Gasteiger partial charge in [-0.2, -0.15) is 0 Å². The average Bonchev–Trinajstić information content (AvgIpc) is 2.58. The third-order valence-electron chi connectivity index (χ3n) is 3.71. The lowest BCUT2D eigenvalue weighted by Gasteiger charge is -2.12. The molecule has 1 unspecified atom stereocenters. The van der Waals surface area contributed by atoms with Crippen molar-refractivity contribution in [1.82, 2.24) is 0 Å². The van der Waals surface area contributed by atoms with Gasteiger partial charge in [0, 0.05) is 22.6 Å². The first-order chi connectivity index (χ1) is 10.1. The molecule has 21 heavy (non-hydrogen) atoms. The number of halogens is 1. The number of fused-ring (bicyclic) bond motifs is 1. The minimum atomic E-state index is -0.828. The Hall–Kier alpha value is -1.97. The molecule has 1 aliphatic heterocycles. The van der Waals surface area contributed by atoms with Crippen molar-refractivity contribution in [2.75, 3.05) is 0 Å². The molecule has 4 heteroatoms. The third kappa shape index (κ3) is 2.62. The number of carbonyl (C=O) groups is 1. The Balaban J connectivity index is 2.25. The maximum absolute atomic E-state index is 12.1. The minimum absolute atomic E-state index is 0.0671. The highest BCUT2D eigenvalue weighted by Crippen LogP contribution is 2.24. The lowest BCUT2D eigenvalue weighted by atomic mass is 9.92. The lowest BCUT2D eigenvalue weighted by molar-refractivity contribution is -0.119. The molecule has 3 nitrogen and oxygen atoms in total. The van der Waals surface area contributed by atoms with Crippen molar-refractivity contribution in [3.8, 4) is 0 Å². The minimum Gasteiger partial charge on any atom is -0.303 e. The number of nitrogens with zero attached hydrogens (tertiary/aromatic N) is 1. The molecule has 0 fully saturated rings. The molecular formula is C17H15ClN2O. The Labute approximate surface area is 128 Å². The first-order valence-corrected chi connectivity index (χ1v) is 7.15. The van der Waals surface area contributed by atoms with E-state index in [1.807, 2.05) is 49.4 Å². The van der Waals surface area contributed by atoms with Crippen LogP contribution in [0, 0.1) is 6.92 Å². The van der Waals surface area contributed by atoms with Crippen LogP contribution in [-0.4, -0.2) is 17.7 Å². The van der Waals surface area contributed by atoms with Crippen molar-refractivity contribution in [2.24, 2.45) is 10.7 Å². The SMILES string of the molecule is Cc1cccc2c1CC(=O)C(N)N=C2c1cccc(Cl)c1. The molecule has 1 atom stereocenters. The smallest absolute Gasteiger partial charge is 0.175 e. The molecule has 3 rings (SSSR count). The zero-order valence-corrected chi connectivity index (χ0v) is 12.4. The van der Waals surface area contributed by atoms with Crippen LogP contribution in [0.25, 0.3) is 0 Å².